The van der Waals surface area contributed by atoms with Gasteiger partial charge in [-0.1, -0.05) is 80.0 Å². The van der Waals surface area contributed by atoms with Crippen molar-refractivity contribution >= 4 is 67.2 Å². The summed E-state index contributed by atoms with van der Waals surface area (Å²) in [5, 5.41) is 17.0. The smallest absolute Gasteiger partial charge is 0.293 e. The maximum atomic E-state index is 13.8. The van der Waals surface area contributed by atoms with Gasteiger partial charge in [-0.2, -0.15) is 0 Å². The third kappa shape index (κ3) is 10.5. The number of aromatic nitrogens is 2. The van der Waals surface area contributed by atoms with Gasteiger partial charge in [-0.15, -0.1) is 11.8 Å². The number of rotatable bonds is 17. The average molecular weight is 851 g/mol. The highest BCUT2D eigenvalue weighted by molar-refractivity contribution is 7.99. The van der Waals surface area contributed by atoms with Gasteiger partial charge in [-0.3, -0.25) is 19.7 Å². The van der Waals surface area contributed by atoms with E-state index in [1.54, 1.807) is 11.8 Å². The van der Waals surface area contributed by atoms with Crippen LogP contribution in [0, 0.1) is 10.1 Å². The van der Waals surface area contributed by atoms with Gasteiger partial charge in [0.2, 0.25) is 0 Å². The Labute approximate surface area is 354 Å². The molecule has 1 aliphatic heterocycles. The van der Waals surface area contributed by atoms with Crippen LogP contribution >= 0.6 is 23.4 Å². The summed E-state index contributed by atoms with van der Waals surface area (Å²) in [5.74, 6) is 0.738. The summed E-state index contributed by atoms with van der Waals surface area (Å²) in [6, 6.07) is 35.9. The number of benzene rings is 5. The van der Waals surface area contributed by atoms with Crippen molar-refractivity contribution in [2.24, 2.45) is 0 Å². The number of nitrogens with zero attached hydrogens (tertiary/aromatic N) is 6. The molecule has 1 fully saturated rings. The molecule has 0 spiro atoms. The molecule has 0 radical (unpaired) electrons. The molecule has 1 aromatic heterocycles. The number of hydrogen-bond donors (Lipinski definition) is 2. The molecule has 15 heteroatoms. The summed E-state index contributed by atoms with van der Waals surface area (Å²) in [4.78, 5) is 28.4. The second kappa shape index (κ2) is 19.2. The van der Waals surface area contributed by atoms with Crippen LogP contribution in [0.4, 0.5) is 22.9 Å². The molecule has 0 amide bonds. The van der Waals surface area contributed by atoms with Crippen molar-refractivity contribution in [2.75, 3.05) is 66.5 Å². The minimum absolute atomic E-state index is 0.0872. The number of piperazine rings is 1. The minimum Gasteiger partial charge on any atom is -0.375 e. The van der Waals surface area contributed by atoms with Crippen molar-refractivity contribution in [2.45, 2.75) is 36.2 Å². The average Bonchev–Trinajstić information content (AvgIpc) is 3.25. The fraction of sp³-hybridized carbons (Fsp3) is 0.273. The van der Waals surface area contributed by atoms with Crippen LogP contribution in [0.15, 0.2) is 131 Å². The van der Waals surface area contributed by atoms with Gasteiger partial charge in [0.25, 0.3) is 15.7 Å². The summed E-state index contributed by atoms with van der Waals surface area (Å²) in [5.41, 5.74) is 4.98. The predicted molar refractivity (Wildman–Crippen MR) is 240 cm³/mol. The van der Waals surface area contributed by atoms with E-state index >= 15 is 0 Å². The number of thioether (sulfide) groups is 1. The summed E-state index contributed by atoms with van der Waals surface area (Å²) < 4.78 is 30.1. The van der Waals surface area contributed by atoms with Crippen LogP contribution in [0.5, 0.6) is 0 Å². The molecule has 6 aromatic rings. The molecule has 0 aliphatic carbocycles. The Bertz CT molecular complexity index is 2490. The SMILES string of the molecule is CCN(CC)CC(CSc1ccccc1)Nc1ccc(S(=O)(=O)Nc2ncnc3cc(N4CCN(Cc5cc(Cl)ccc5-c5ccccc5)CC4)ccc23)cc1[N+](=O)[O-]. The Morgan fingerprint density at radius 3 is 2.32 bits per heavy atom. The van der Waals surface area contributed by atoms with E-state index in [1.165, 1.54) is 29.6 Å². The number of sulfonamides is 1. The number of halogens is 1. The second-order valence-corrected chi connectivity index (χ2v) is 17.6. The van der Waals surface area contributed by atoms with Crippen LogP contribution in [-0.2, 0) is 16.6 Å². The Morgan fingerprint density at radius 1 is 0.881 bits per heavy atom. The van der Waals surface area contributed by atoms with Gasteiger partial charge < -0.3 is 15.1 Å². The normalized spacial score (nSPS) is 14.1. The van der Waals surface area contributed by atoms with E-state index < -0.39 is 14.9 Å². The molecule has 2 N–H and O–H groups in total. The van der Waals surface area contributed by atoms with Gasteiger partial charge in [0.15, 0.2) is 5.82 Å². The predicted octanol–water partition coefficient (Wildman–Crippen LogP) is 8.90. The highest BCUT2D eigenvalue weighted by Crippen LogP contribution is 2.33. The molecule has 0 bridgehead atoms. The molecule has 306 valence electrons. The Hall–Kier alpha value is -5.25. The lowest BCUT2D eigenvalue weighted by Gasteiger charge is -2.36. The number of anilines is 3. The maximum absolute atomic E-state index is 13.8. The molecular formula is C44H47ClN8O4S2. The number of nitrogens with one attached hydrogen (secondary N) is 2. The van der Waals surface area contributed by atoms with Gasteiger partial charge in [-0.05, 0) is 84.4 Å². The van der Waals surface area contributed by atoms with E-state index in [4.69, 9.17) is 11.6 Å². The molecule has 1 atom stereocenters. The van der Waals surface area contributed by atoms with E-state index in [0.717, 1.165) is 68.0 Å². The van der Waals surface area contributed by atoms with Gasteiger partial charge in [0, 0.05) is 78.1 Å². The number of fused-ring (bicyclic) bond motifs is 1. The summed E-state index contributed by atoms with van der Waals surface area (Å²) >= 11 is 8.09. The monoisotopic (exact) mass is 850 g/mol. The lowest BCUT2D eigenvalue weighted by Crippen LogP contribution is -2.46. The highest BCUT2D eigenvalue weighted by Gasteiger charge is 2.26. The van der Waals surface area contributed by atoms with Crippen molar-refractivity contribution < 1.29 is 13.3 Å². The standard InChI is InChI=1S/C44H47ClN8O4S2/c1-3-50(4-2)29-35(30-58-37-13-9-6-10-14-37)48-41-20-17-38(27-43(41)53(54)55)59(56,57)49-44-40-19-16-36(26-42(40)46-31-47-44)52-23-21-51(22-24-52)28-33-25-34(45)15-18-39(33)32-11-7-5-8-12-32/h5-20,25-27,31,35,48H,3-4,21-24,28-30H2,1-2H3,(H,46,47,49). The molecule has 7 rings (SSSR count). The van der Waals surface area contributed by atoms with Crippen molar-refractivity contribution in [3.8, 4) is 11.1 Å². The van der Waals surface area contributed by atoms with Crippen LogP contribution in [0.25, 0.3) is 22.0 Å². The topological polar surface area (TPSA) is 137 Å². The summed E-state index contributed by atoms with van der Waals surface area (Å²) in [6.07, 6.45) is 1.32. The van der Waals surface area contributed by atoms with E-state index in [0.29, 0.717) is 28.2 Å². The number of likely N-dealkylation sites (N-methyl/N-ethyl adjacent to an activating group) is 1. The number of nitro groups is 1. The second-order valence-electron chi connectivity index (χ2n) is 14.3. The van der Waals surface area contributed by atoms with Gasteiger partial charge in [0.05, 0.1) is 15.3 Å². The fourth-order valence-electron chi connectivity index (χ4n) is 7.33. The van der Waals surface area contributed by atoms with Gasteiger partial charge in [-0.25, -0.2) is 18.4 Å². The van der Waals surface area contributed by atoms with Crippen LogP contribution in [-0.4, -0.2) is 90.7 Å². The molecule has 12 nitrogen and oxygen atoms in total. The summed E-state index contributed by atoms with van der Waals surface area (Å²) in [7, 11) is -4.27. The first-order valence-electron chi connectivity index (χ1n) is 19.6. The van der Waals surface area contributed by atoms with Crippen molar-refractivity contribution in [3.05, 3.63) is 142 Å². The highest BCUT2D eigenvalue weighted by atomic mass is 35.5. The largest absolute Gasteiger partial charge is 0.375 e. The van der Waals surface area contributed by atoms with Crippen molar-refractivity contribution in [1.29, 1.82) is 0 Å². The fourth-order valence-corrected chi connectivity index (χ4v) is 9.50. The van der Waals surface area contributed by atoms with Crippen LogP contribution in [0.3, 0.4) is 0 Å². The van der Waals surface area contributed by atoms with E-state index in [1.807, 2.05) is 72.8 Å². The van der Waals surface area contributed by atoms with E-state index in [-0.39, 0.29) is 28.1 Å². The third-order valence-corrected chi connectivity index (χ3v) is 13.3. The molecule has 1 aliphatic rings. The first-order chi connectivity index (χ1) is 28.6. The molecular weight excluding hydrogens is 804 g/mol. The van der Waals surface area contributed by atoms with Crippen molar-refractivity contribution in [1.82, 2.24) is 19.8 Å². The maximum Gasteiger partial charge on any atom is 0.293 e. The zero-order valence-corrected chi connectivity index (χ0v) is 35.4. The minimum atomic E-state index is -4.27. The zero-order valence-electron chi connectivity index (χ0n) is 33.0. The molecule has 1 saturated heterocycles. The van der Waals surface area contributed by atoms with Crippen LogP contribution in [0.1, 0.15) is 19.4 Å². The van der Waals surface area contributed by atoms with Crippen LogP contribution in [0.2, 0.25) is 5.02 Å². The molecule has 2 heterocycles. The molecule has 59 heavy (non-hydrogen) atoms. The summed E-state index contributed by atoms with van der Waals surface area (Å²) in [6.45, 7) is 10.5. The molecule has 5 aromatic carbocycles. The first kappa shape index (κ1) is 41.9. The molecule has 0 saturated carbocycles. The van der Waals surface area contributed by atoms with Crippen LogP contribution < -0.4 is 14.9 Å². The van der Waals surface area contributed by atoms with Gasteiger partial charge in [0.1, 0.15) is 12.0 Å². The van der Waals surface area contributed by atoms with E-state index in [2.05, 4.69) is 72.8 Å². The zero-order chi connectivity index (χ0) is 41.4. The lowest BCUT2D eigenvalue weighted by atomic mass is 9.99. The molecule has 1 unspecified atom stereocenters. The van der Waals surface area contributed by atoms with Crippen molar-refractivity contribution in [3.63, 3.8) is 0 Å². The third-order valence-electron chi connectivity index (χ3n) is 10.5. The Balaban J connectivity index is 1.03. The quantitative estimate of drug-likeness (QED) is 0.0517. The Kier molecular flexibility index (Phi) is 13.6. The number of hydrogen-bond acceptors (Lipinski definition) is 11. The lowest BCUT2D eigenvalue weighted by molar-refractivity contribution is -0.384. The van der Waals surface area contributed by atoms with Gasteiger partial charge >= 0.3 is 0 Å². The van der Waals surface area contributed by atoms with E-state index in [9.17, 15) is 18.5 Å². The Morgan fingerprint density at radius 2 is 1.61 bits per heavy atom. The number of nitro benzene ring substituents is 1. The first-order valence-corrected chi connectivity index (χ1v) is 22.5.